The summed E-state index contributed by atoms with van der Waals surface area (Å²) in [6.07, 6.45) is 3.63. The Morgan fingerprint density at radius 3 is 2.39 bits per heavy atom. The third kappa shape index (κ3) is 4.13. The molecule has 28 heavy (non-hydrogen) atoms. The van der Waals surface area contributed by atoms with Gasteiger partial charge in [-0.05, 0) is 48.5 Å². The molecule has 0 spiro atoms. The zero-order valence-corrected chi connectivity index (χ0v) is 16.4. The molecule has 0 fully saturated rings. The summed E-state index contributed by atoms with van der Waals surface area (Å²) in [5.74, 6) is -0.421. The van der Waals surface area contributed by atoms with E-state index in [0.717, 1.165) is 11.1 Å². The molecule has 2 aromatic carbocycles. The smallest absolute Gasteiger partial charge is 0.240 e. The van der Waals surface area contributed by atoms with Gasteiger partial charge in [-0.2, -0.15) is 0 Å². The van der Waals surface area contributed by atoms with Crippen molar-refractivity contribution >= 4 is 33.6 Å². The van der Waals surface area contributed by atoms with Gasteiger partial charge in [0, 0.05) is 18.8 Å². The number of rotatable bonds is 5. The lowest BCUT2D eigenvalue weighted by atomic mass is 9.93. The van der Waals surface area contributed by atoms with Crippen LogP contribution >= 0.6 is 0 Å². The van der Waals surface area contributed by atoms with Crippen LogP contribution in [-0.2, 0) is 19.6 Å². The van der Waals surface area contributed by atoms with Crippen LogP contribution in [0.25, 0.3) is 6.08 Å². The van der Waals surface area contributed by atoms with Crippen molar-refractivity contribution in [2.24, 2.45) is 0 Å². The summed E-state index contributed by atoms with van der Waals surface area (Å²) >= 11 is 0. The molecule has 7 nitrogen and oxygen atoms in total. The monoisotopic (exact) mass is 399 g/mol. The second-order valence-corrected chi connectivity index (χ2v) is 8.26. The van der Waals surface area contributed by atoms with Crippen LogP contribution in [0.4, 0.5) is 5.69 Å². The van der Waals surface area contributed by atoms with Crippen molar-refractivity contribution in [1.29, 1.82) is 0 Å². The average molecular weight is 399 g/mol. The highest BCUT2D eigenvalue weighted by molar-refractivity contribution is 7.89. The quantitative estimate of drug-likeness (QED) is 0.807. The van der Waals surface area contributed by atoms with Crippen LogP contribution in [0.3, 0.4) is 0 Å². The van der Waals surface area contributed by atoms with Gasteiger partial charge in [-0.1, -0.05) is 24.3 Å². The highest BCUT2D eigenvalue weighted by Crippen LogP contribution is 2.33. The fourth-order valence-electron chi connectivity index (χ4n) is 3.14. The van der Waals surface area contributed by atoms with Gasteiger partial charge in [0.25, 0.3) is 0 Å². The van der Waals surface area contributed by atoms with Gasteiger partial charge in [0.05, 0.1) is 17.4 Å². The molecule has 0 aromatic heterocycles. The summed E-state index contributed by atoms with van der Waals surface area (Å²) in [6.45, 7) is 1.46. The highest BCUT2D eigenvalue weighted by atomic mass is 32.2. The Balaban J connectivity index is 1.76. The number of nitrogens with one attached hydrogen (secondary N) is 2. The lowest BCUT2D eigenvalue weighted by Crippen LogP contribution is -2.33. The van der Waals surface area contributed by atoms with Crippen LogP contribution < -0.4 is 10.0 Å². The Morgan fingerprint density at radius 1 is 1.07 bits per heavy atom. The van der Waals surface area contributed by atoms with Gasteiger partial charge in [-0.25, -0.2) is 13.1 Å². The van der Waals surface area contributed by atoms with Crippen LogP contribution in [0.15, 0.2) is 59.6 Å². The van der Waals surface area contributed by atoms with Crippen molar-refractivity contribution in [3.63, 3.8) is 0 Å². The van der Waals surface area contributed by atoms with E-state index in [4.69, 9.17) is 0 Å². The van der Waals surface area contributed by atoms with Gasteiger partial charge in [0.1, 0.15) is 0 Å². The summed E-state index contributed by atoms with van der Waals surface area (Å²) in [5, 5.41) is 2.76. The summed E-state index contributed by atoms with van der Waals surface area (Å²) in [7, 11) is -2.20. The first-order valence-electron chi connectivity index (χ1n) is 8.71. The summed E-state index contributed by atoms with van der Waals surface area (Å²) in [4.78, 5) is 26.3. The number of hydrogen-bond donors (Lipinski definition) is 2. The SMILES string of the molecule is CNS(=O)(=O)c1ccc(NC(=O)C[C@@H]2c3ccccc3C=CN2C(C)=O)cc1. The van der Waals surface area contributed by atoms with Crippen molar-refractivity contribution in [2.75, 3.05) is 12.4 Å². The molecule has 0 aliphatic carbocycles. The first kappa shape index (κ1) is 19.8. The van der Waals surface area contributed by atoms with Gasteiger partial charge in [-0.3, -0.25) is 9.59 Å². The molecule has 8 heteroatoms. The Morgan fingerprint density at radius 2 is 1.75 bits per heavy atom. The Hall–Kier alpha value is -2.97. The average Bonchev–Trinajstić information content (AvgIpc) is 2.68. The topological polar surface area (TPSA) is 95.6 Å². The van der Waals surface area contributed by atoms with E-state index in [1.54, 1.807) is 11.1 Å². The number of carbonyl (C=O) groups excluding carboxylic acids is 2. The fourth-order valence-corrected chi connectivity index (χ4v) is 3.87. The van der Waals surface area contributed by atoms with Crippen molar-refractivity contribution in [3.8, 4) is 0 Å². The first-order chi connectivity index (χ1) is 13.3. The van der Waals surface area contributed by atoms with E-state index in [1.807, 2.05) is 30.3 Å². The third-order valence-electron chi connectivity index (χ3n) is 4.56. The molecule has 1 atom stereocenters. The first-order valence-corrected chi connectivity index (χ1v) is 10.2. The number of benzene rings is 2. The van der Waals surface area contributed by atoms with Crippen molar-refractivity contribution < 1.29 is 18.0 Å². The number of fused-ring (bicyclic) bond motifs is 1. The molecule has 2 aromatic rings. The van der Waals surface area contributed by atoms with Gasteiger partial charge in [0.15, 0.2) is 0 Å². The van der Waals surface area contributed by atoms with Crippen LogP contribution in [0.2, 0.25) is 0 Å². The molecule has 1 aliphatic rings. The summed E-state index contributed by atoms with van der Waals surface area (Å²) in [5.41, 5.74) is 2.36. The standard InChI is InChI=1S/C20H21N3O4S/c1-14(24)23-12-11-15-5-3-4-6-18(15)19(23)13-20(25)22-16-7-9-17(10-8-16)28(26,27)21-2/h3-12,19,21H,13H2,1-2H3,(H,22,25)/t19-/m1/s1. The largest absolute Gasteiger partial charge is 0.326 e. The minimum Gasteiger partial charge on any atom is -0.326 e. The number of nitrogens with zero attached hydrogens (tertiary/aromatic N) is 1. The van der Waals surface area contributed by atoms with Crippen LogP contribution in [-0.4, -0.2) is 32.2 Å². The number of amides is 2. The van der Waals surface area contributed by atoms with E-state index < -0.39 is 16.1 Å². The Labute approximate surface area is 164 Å². The van der Waals surface area contributed by atoms with Gasteiger partial charge in [0.2, 0.25) is 21.8 Å². The summed E-state index contributed by atoms with van der Waals surface area (Å²) in [6, 6.07) is 13.1. The Bertz CT molecular complexity index is 1030. The predicted molar refractivity (Wildman–Crippen MR) is 107 cm³/mol. The minimum absolute atomic E-state index is 0.0809. The molecule has 1 heterocycles. The molecule has 146 valence electrons. The molecule has 0 saturated heterocycles. The molecule has 2 amide bonds. The van der Waals surface area contributed by atoms with E-state index in [1.165, 1.54) is 38.2 Å². The molecule has 0 bridgehead atoms. The zero-order chi connectivity index (χ0) is 20.3. The molecule has 0 unspecified atom stereocenters. The van der Waals surface area contributed by atoms with Crippen LogP contribution in [0.5, 0.6) is 0 Å². The van der Waals surface area contributed by atoms with E-state index >= 15 is 0 Å². The maximum Gasteiger partial charge on any atom is 0.240 e. The van der Waals surface area contributed by atoms with Crippen molar-refractivity contribution in [3.05, 3.63) is 65.9 Å². The molecule has 1 aliphatic heterocycles. The number of carbonyl (C=O) groups is 2. The van der Waals surface area contributed by atoms with Crippen molar-refractivity contribution in [2.45, 2.75) is 24.3 Å². The second-order valence-electron chi connectivity index (χ2n) is 6.37. The third-order valence-corrected chi connectivity index (χ3v) is 6.00. The molecule has 0 radical (unpaired) electrons. The predicted octanol–water partition coefficient (Wildman–Crippen LogP) is 2.50. The molecule has 2 N–H and O–H groups in total. The lowest BCUT2D eigenvalue weighted by Gasteiger charge is -2.32. The lowest BCUT2D eigenvalue weighted by molar-refractivity contribution is -0.129. The molecule has 0 saturated carbocycles. The normalized spacial score (nSPS) is 15.8. The molecular weight excluding hydrogens is 378 g/mol. The van der Waals surface area contributed by atoms with Gasteiger partial charge in [-0.15, -0.1) is 0 Å². The second kappa shape index (κ2) is 7.95. The molecule has 3 rings (SSSR count). The zero-order valence-electron chi connectivity index (χ0n) is 15.5. The van der Waals surface area contributed by atoms with E-state index in [2.05, 4.69) is 10.0 Å². The van der Waals surface area contributed by atoms with E-state index in [9.17, 15) is 18.0 Å². The Kier molecular flexibility index (Phi) is 5.62. The van der Waals surface area contributed by atoms with Crippen molar-refractivity contribution in [1.82, 2.24) is 9.62 Å². The van der Waals surface area contributed by atoms with Gasteiger partial charge >= 0.3 is 0 Å². The minimum atomic E-state index is -3.53. The van der Waals surface area contributed by atoms with Crippen LogP contribution in [0.1, 0.15) is 30.5 Å². The van der Waals surface area contributed by atoms with E-state index in [0.29, 0.717) is 5.69 Å². The maximum absolute atomic E-state index is 12.6. The fraction of sp³-hybridized carbons (Fsp3) is 0.200. The maximum atomic E-state index is 12.6. The summed E-state index contributed by atoms with van der Waals surface area (Å²) < 4.78 is 25.8. The number of hydrogen-bond acceptors (Lipinski definition) is 4. The highest BCUT2D eigenvalue weighted by Gasteiger charge is 2.28. The van der Waals surface area contributed by atoms with Crippen LogP contribution in [0, 0.1) is 0 Å². The number of anilines is 1. The van der Waals surface area contributed by atoms with E-state index in [-0.39, 0.29) is 23.1 Å². The molecular formula is C20H21N3O4S. The van der Waals surface area contributed by atoms with Gasteiger partial charge < -0.3 is 10.2 Å². The number of sulfonamides is 1.